The minimum atomic E-state index is -5.39. The molecule has 0 aliphatic heterocycles. The van der Waals surface area contributed by atoms with E-state index >= 15 is 0 Å². The number of rotatable bonds is 0. The zero-order valence-electron chi connectivity index (χ0n) is 33.7. The van der Waals surface area contributed by atoms with Crippen LogP contribution in [0.1, 0.15) is 0 Å². The van der Waals surface area contributed by atoms with Crippen molar-refractivity contribution in [2.75, 3.05) is 0 Å². The van der Waals surface area contributed by atoms with Crippen LogP contribution in [0, 0.1) is 0 Å². The van der Waals surface area contributed by atoms with Crippen molar-refractivity contribution in [2.24, 2.45) is 0 Å². The normalized spacial score (nSPS) is 4.69. The Balaban J connectivity index is -0.00000000715. The summed E-state index contributed by atoms with van der Waals surface area (Å²) >= 11 is -51.3. The maximum atomic E-state index is 8.61. The molecule has 0 radical (unpaired) electrons. The third kappa shape index (κ3) is 35100. The molecule has 464 valence electrons. The molecule has 0 aliphatic rings. The molecule has 0 bridgehead atoms. The van der Waals surface area contributed by atoms with Crippen LogP contribution in [-0.2, 0) is 333 Å². The number of phosphoric acid groups is 1. The van der Waals surface area contributed by atoms with Crippen molar-refractivity contribution in [3.05, 3.63) is 0 Å². The summed E-state index contributed by atoms with van der Waals surface area (Å²) < 4.78 is 319. The second-order valence-electron chi connectivity index (χ2n) is 2.90. The van der Waals surface area contributed by atoms with Crippen LogP contribution in [0.4, 0.5) is 0 Å². The average Bonchev–Trinajstić information content (AvgIpc) is 2.66. The number of hydrogen-bond acceptors (Lipinski definition) is 40. The molecule has 0 unspecified atom stereocenters. The van der Waals surface area contributed by atoms with E-state index < -0.39 is 214 Å². The fraction of sp³-hybridized carbons (Fsp3) is 0. The SMILES string of the molecule is O.O.O.O.O.O.O.O.O.O.O.O.O.O.O.O.O.O.O=P([O-])([O-])[O-].[Na+].[Na+].[Na+].[O]=[W](=[O])=[O].[O]=[W](=[O])=[O].[O]=[W](=[O])=[O].[O]=[W](=[O])=[O].[O]=[W](=[O])=[O].[O]=[W](=[O])=[O].[O]=[W](=[O])=[O].[O]=[W](=[O])=[O].[O]=[W](=[O])=[O].[O]=[W](=[O])=[O].[O]=[W](=[O])=[O].[O]=[W](=[O])=[O]. The molecule has 0 aromatic rings. The van der Waals surface area contributed by atoms with Gasteiger partial charge in [0.15, 0.2) is 0 Å². The Kier molecular flexibility index (Phi) is 683. The Bertz CT molecular complexity index is 1710. The van der Waals surface area contributed by atoms with Crippen molar-refractivity contribution in [3.63, 3.8) is 0 Å². The number of hydrogen-bond donors (Lipinski definition) is 0. The van der Waals surface area contributed by atoms with Crippen molar-refractivity contribution in [1.29, 1.82) is 0 Å². The van der Waals surface area contributed by atoms with Gasteiger partial charge in [-0.3, -0.25) is 0 Å². The van der Waals surface area contributed by atoms with Crippen molar-refractivity contribution in [3.8, 4) is 0 Å². The van der Waals surface area contributed by atoms with Gasteiger partial charge < -0.3 is 118 Å². The fourth-order valence-electron chi connectivity index (χ4n) is 0. The Morgan fingerprint density at radius 3 is 0.149 bits per heavy atom. The second-order valence-corrected chi connectivity index (χ2v) is 21.4. The van der Waals surface area contributed by atoms with Crippen molar-refractivity contribution >= 4 is 7.82 Å². The van der Waals surface area contributed by atoms with Gasteiger partial charge in [-0.2, -0.15) is 7.82 Å². The molecule has 0 rings (SSSR count). The van der Waals surface area contributed by atoms with Crippen LogP contribution in [0.3, 0.4) is 0 Å². The van der Waals surface area contributed by atoms with E-state index in [1.807, 2.05) is 0 Å². The molecule has 74 heteroatoms. The summed E-state index contributed by atoms with van der Waals surface area (Å²) in [5.74, 6) is 0. The summed E-state index contributed by atoms with van der Waals surface area (Å²) in [6.45, 7) is 0. The van der Waals surface area contributed by atoms with E-state index in [4.69, 9.17) is 142 Å². The van der Waals surface area contributed by atoms with Gasteiger partial charge in [0.1, 0.15) is 0 Å². The predicted molar refractivity (Wildman–Crippen MR) is 97.4 cm³/mol. The van der Waals surface area contributed by atoms with Gasteiger partial charge in [-0.1, -0.05) is 0 Å². The van der Waals surface area contributed by atoms with Crippen molar-refractivity contribution < 1.29 is 535 Å². The van der Waals surface area contributed by atoms with E-state index in [1.165, 1.54) is 0 Å². The van der Waals surface area contributed by atoms with Crippen LogP contribution in [0.25, 0.3) is 0 Å². The zero-order valence-corrected chi connectivity index (χ0v) is 75.8. The van der Waals surface area contributed by atoms with Crippen molar-refractivity contribution in [2.45, 2.75) is 0 Å². The van der Waals surface area contributed by atoms with Gasteiger partial charge in [0.25, 0.3) is 0 Å². The van der Waals surface area contributed by atoms with Gasteiger partial charge in [0.2, 0.25) is 0 Å². The maximum absolute atomic E-state index is 8.61. The summed E-state index contributed by atoms with van der Waals surface area (Å²) in [6, 6.07) is 0. The van der Waals surface area contributed by atoms with E-state index in [0.29, 0.717) is 0 Å². The monoisotopic (exact) mass is 3270 g/mol. The Morgan fingerprint density at radius 2 is 0.149 bits per heavy atom. The Labute approximate surface area is 533 Å². The average molecular weight is 3270 g/mol. The van der Waals surface area contributed by atoms with Crippen LogP contribution in [0.2, 0.25) is 0 Å². The first-order valence-electron chi connectivity index (χ1n) is 6.73. The molecule has 0 fully saturated rings. The molecule has 0 spiro atoms. The predicted octanol–water partition coefficient (Wildman–Crippen LogP) is -31.0. The van der Waals surface area contributed by atoms with Crippen molar-refractivity contribution in [1.82, 2.24) is 0 Å². The second kappa shape index (κ2) is 211. The van der Waals surface area contributed by atoms with Gasteiger partial charge in [-0.15, -0.1) is 0 Å². The third-order valence-electron chi connectivity index (χ3n) is 0. The Morgan fingerprint density at radius 1 is 0.149 bits per heavy atom. The van der Waals surface area contributed by atoms with E-state index in [2.05, 4.69) is 0 Å². The van der Waals surface area contributed by atoms with E-state index in [-0.39, 0.29) is 187 Å². The molecule has 0 heterocycles. The molecular weight excluding hydrogens is 3230 g/mol. The zero-order chi connectivity index (χ0) is 47.4. The van der Waals surface area contributed by atoms with Crippen LogP contribution in [-0.4, -0.2) is 98.6 Å². The minimum absolute atomic E-state index is 0. The molecule has 0 saturated heterocycles. The summed E-state index contributed by atoms with van der Waals surface area (Å²) in [6.07, 6.45) is 0. The van der Waals surface area contributed by atoms with Crippen LogP contribution < -0.4 is 103 Å². The molecule has 0 aromatic heterocycles. The first kappa shape index (κ1) is 240. The van der Waals surface area contributed by atoms with Gasteiger partial charge in [0, 0.05) is 0 Å². The van der Waals surface area contributed by atoms with E-state index in [0.717, 1.165) is 0 Å². The van der Waals surface area contributed by atoms with Crippen LogP contribution in [0.5, 0.6) is 0 Å². The summed E-state index contributed by atoms with van der Waals surface area (Å²) in [5.41, 5.74) is 0. The van der Waals surface area contributed by atoms with Crippen LogP contribution >= 0.6 is 7.82 Å². The summed E-state index contributed by atoms with van der Waals surface area (Å²) in [5, 5.41) is 0. The van der Waals surface area contributed by atoms with E-state index in [1.54, 1.807) is 0 Å². The van der Waals surface area contributed by atoms with Gasteiger partial charge in [-0.05, 0) is 0 Å². The molecular formula is H36Na3O58PW12. The first-order valence-corrected chi connectivity index (χ1v) is 51.3. The van der Waals surface area contributed by atoms with Gasteiger partial charge in [-0.25, -0.2) is 0 Å². The molecule has 0 aliphatic carbocycles. The molecule has 0 saturated carbocycles. The molecule has 0 amide bonds. The van der Waals surface area contributed by atoms with E-state index in [9.17, 15) is 0 Å². The van der Waals surface area contributed by atoms with Gasteiger partial charge in [0.05, 0.1) is 0 Å². The quantitative estimate of drug-likeness (QED) is 0.160. The topological polar surface area (TPSA) is 1270 Å². The van der Waals surface area contributed by atoms with Gasteiger partial charge >= 0.3 is 417 Å². The summed E-state index contributed by atoms with van der Waals surface area (Å²) in [4.78, 5) is 25.6. The molecule has 0 atom stereocenters. The molecule has 0 aromatic carbocycles. The standard InChI is InChI=1S/3Na.H3O4P.18H2O.36O.12W/c;;;1-5(2,3)4;;;;;;;;;;;;;;;;;;;;;;;;;;;;;;;;;;;;;;;;;;;;;;;;;;;;;;;;;;;;;;;;;;/h;;;(H3,1,2,3,4);18*1H2;;;;;;;;;;;;;;;;;;;;;;;;;;;;;;;;;;;;;;;;;;;;;;;;/q3*+1;;;;;;;;;;;;;;;;;;;;;;;;;;;;;;;;;;;;;;;;;;;;;;;;;;;;;;;;;;;;;;;;;;;/p-3. The molecule has 74 heavy (non-hydrogen) atoms. The molecule has 36 N–H and O–H groups in total. The molecule has 58 nitrogen and oxygen atoms in total. The Hall–Kier alpha value is 3.45. The third-order valence-corrected chi connectivity index (χ3v) is 0. The first-order chi connectivity index (χ1) is 22.8. The van der Waals surface area contributed by atoms with Crippen LogP contribution in [0.15, 0.2) is 0 Å². The summed E-state index contributed by atoms with van der Waals surface area (Å²) in [7, 11) is -5.39. The fourth-order valence-corrected chi connectivity index (χ4v) is 0.